The molecule has 22 heavy (non-hydrogen) atoms. The van der Waals surface area contributed by atoms with Crippen molar-refractivity contribution in [3.63, 3.8) is 0 Å². The van der Waals surface area contributed by atoms with Gasteiger partial charge in [-0.25, -0.2) is 4.39 Å². The van der Waals surface area contributed by atoms with Gasteiger partial charge in [-0.3, -0.25) is 0 Å². The number of aryl methyl sites for hydroxylation is 1. The first-order valence-electron chi connectivity index (χ1n) is 7.37. The summed E-state index contributed by atoms with van der Waals surface area (Å²) in [4.78, 5) is 0. The van der Waals surface area contributed by atoms with Gasteiger partial charge in [0.1, 0.15) is 11.9 Å². The lowest BCUT2D eigenvalue weighted by atomic mass is 10.2. The van der Waals surface area contributed by atoms with Crippen LogP contribution in [0, 0.1) is 12.7 Å². The van der Waals surface area contributed by atoms with Crippen molar-refractivity contribution in [2.24, 2.45) is 0 Å². The molecule has 0 amide bonds. The van der Waals surface area contributed by atoms with Crippen LogP contribution in [0.1, 0.15) is 23.0 Å². The molecular weight excluding hydrogens is 283 g/mol. The van der Waals surface area contributed by atoms with Gasteiger partial charge in [-0.2, -0.15) is 0 Å². The van der Waals surface area contributed by atoms with Crippen LogP contribution in [-0.4, -0.2) is 19.3 Å². The van der Waals surface area contributed by atoms with Gasteiger partial charge >= 0.3 is 0 Å². The monoisotopic (exact) mass is 302 g/mol. The van der Waals surface area contributed by atoms with Crippen molar-refractivity contribution >= 4 is 0 Å². The highest BCUT2D eigenvalue weighted by Crippen LogP contribution is 2.26. The van der Waals surface area contributed by atoms with Crippen molar-refractivity contribution < 1.29 is 18.6 Å². The predicted octanol–water partition coefficient (Wildman–Crippen LogP) is 3.76. The molecule has 2 aromatic rings. The fraction of sp³-hybridized carbons (Fsp3) is 0.333. The number of hydrogen-bond donors (Lipinski definition) is 0. The van der Waals surface area contributed by atoms with Crippen molar-refractivity contribution in [2.75, 3.05) is 13.2 Å². The van der Waals surface area contributed by atoms with Crippen molar-refractivity contribution in [1.29, 1.82) is 0 Å². The van der Waals surface area contributed by atoms with E-state index in [1.165, 1.54) is 11.6 Å². The van der Waals surface area contributed by atoms with E-state index in [1.807, 2.05) is 12.1 Å². The molecule has 0 spiro atoms. The summed E-state index contributed by atoms with van der Waals surface area (Å²) in [7, 11) is 0. The van der Waals surface area contributed by atoms with E-state index in [-0.39, 0.29) is 11.9 Å². The summed E-state index contributed by atoms with van der Waals surface area (Å²) in [6.45, 7) is 3.36. The van der Waals surface area contributed by atoms with Gasteiger partial charge in [0.05, 0.1) is 19.8 Å². The van der Waals surface area contributed by atoms with E-state index in [4.69, 9.17) is 14.2 Å². The lowest BCUT2D eigenvalue weighted by molar-refractivity contribution is -0.233. The summed E-state index contributed by atoms with van der Waals surface area (Å²) in [5.41, 5.74) is 2.77. The first-order valence-corrected chi connectivity index (χ1v) is 7.37. The molecule has 3 rings (SSSR count). The van der Waals surface area contributed by atoms with E-state index in [9.17, 15) is 4.39 Å². The van der Waals surface area contributed by atoms with E-state index in [1.54, 1.807) is 18.2 Å². The van der Waals surface area contributed by atoms with Crippen molar-refractivity contribution in [3.8, 4) is 0 Å². The lowest BCUT2D eigenvalue weighted by Crippen LogP contribution is -2.33. The summed E-state index contributed by atoms with van der Waals surface area (Å²) in [5, 5.41) is 0. The van der Waals surface area contributed by atoms with Crippen molar-refractivity contribution in [1.82, 2.24) is 0 Å². The molecule has 0 saturated carbocycles. The van der Waals surface area contributed by atoms with Crippen LogP contribution < -0.4 is 0 Å². The number of benzene rings is 2. The number of halogens is 1. The maximum atomic E-state index is 13.7. The third-order valence-electron chi connectivity index (χ3n) is 3.63. The van der Waals surface area contributed by atoms with Crippen molar-refractivity contribution in [3.05, 3.63) is 71.0 Å². The van der Waals surface area contributed by atoms with Crippen LogP contribution in [-0.2, 0) is 20.8 Å². The molecule has 0 aliphatic carbocycles. The van der Waals surface area contributed by atoms with E-state index < -0.39 is 6.29 Å². The first kappa shape index (κ1) is 15.2. The normalized spacial score (nSPS) is 21.7. The zero-order valence-electron chi connectivity index (χ0n) is 12.5. The molecule has 0 unspecified atom stereocenters. The average Bonchev–Trinajstić information content (AvgIpc) is 2.55. The summed E-state index contributed by atoms with van der Waals surface area (Å²) in [5.74, 6) is -0.313. The SMILES string of the molecule is Cc1ccc(COC2COC(c3ccccc3F)OC2)cc1. The molecule has 4 heteroatoms. The minimum Gasteiger partial charge on any atom is -0.369 e. The molecule has 116 valence electrons. The van der Waals surface area contributed by atoms with Gasteiger partial charge in [-0.1, -0.05) is 48.0 Å². The Bertz CT molecular complexity index is 604. The third kappa shape index (κ3) is 3.71. The van der Waals surface area contributed by atoms with E-state index in [0.29, 0.717) is 25.4 Å². The second-order valence-electron chi connectivity index (χ2n) is 5.44. The van der Waals surface area contributed by atoms with Crippen LogP contribution >= 0.6 is 0 Å². The Balaban J connectivity index is 1.50. The third-order valence-corrected chi connectivity index (χ3v) is 3.63. The van der Waals surface area contributed by atoms with E-state index in [0.717, 1.165) is 5.56 Å². The number of hydrogen-bond acceptors (Lipinski definition) is 3. The summed E-state index contributed by atoms with van der Waals surface area (Å²) >= 11 is 0. The van der Waals surface area contributed by atoms with Gasteiger partial charge < -0.3 is 14.2 Å². The molecule has 3 nitrogen and oxygen atoms in total. The molecular formula is C18H19FO3. The van der Waals surface area contributed by atoms with Gasteiger partial charge in [-0.05, 0) is 18.6 Å². The van der Waals surface area contributed by atoms with Crippen LogP contribution in [0.5, 0.6) is 0 Å². The Kier molecular flexibility index (Phi) is 4.83. The van der Waals surface area contributed by atoms with Crippen molar-refractivity contribution in [2.45, 2.75) is 25.9 Å². The molecule has 0 bridgehead atoms. The summed E-state index contributed by atoms with van der Waals surface area (Å²) < 4.78 is 30.6. The minimum absolute atomic E-state index is 0.135. The highest BCUT2D eigenvalue weighted by molar-refractivity contribution is 5.21. The quantitative estimate of drug-likeness (QED) is 0.860. The zero-order valence-corrected chi connectivity index (χ0v) is 12.5. The fourth-order valence-corrected chi connectivity index (χ4v) is 2.33. The van der Waals surface area contributed by atoms with E-state index in [2.05, 4.69) is 19.1 Å². The molecule has 1 aliphatic rings. The van der Waals surface area contributed by atoms with E-state index >= 15 is 0 Å². The Hall–Kier alpha value is -1.75. The number of ether oxygens (including phenoxy) is 3. The van der Waals surface area contributed by atoms with Gasteiger partial charge in [0, 0.05) is 5.56 Å². The second kappa shape index (κ2) is 7.01. The average molecular weight is 302 g/mol. The van der Waals surface area contributed by atoms with Crippen LogP contribution in [0.2, 0.25) is 0 Å². The van der Waals surface area contributed by atoms with Crippen LogP contribution in [0.3, 0.4) is 0 Å². The fourth-order valence-electron chi connectivity index (χ4n) is 2.33. The lowest BCUT2D eigenvalue weighted by Gasteiger charge is -2.29. The summed E-state index contributed by atoms with van der Waals surface area (Å²) in [6, 6.07) is 14.7. The molecule has 2 aromatic carbocycles. The summed E-state index contributed by atoms with van der Waals surface area (Å²) in [6.07, 6.45) is -0.787. The Morgan fingerprint density at radius 1 is 1.05 bits per heavy atom. The largest absolute Gasteiger partial charge is 0.369 e. The Morgan fingerprint density at radius 2 is 1.73 bits per heavy atom. The number of rotatable bonds is 4. The topological polar surface area (TPSA) is 27.7 Å². The molecule has 0 N–H and O–H groups in total. The molecule has 0 atom stereocenters. The molecule has 1 aliphatic heterocycles. The molecule has 1 fully saturated rings. The molecule has 0 radical (unpaired) electrons. The Labute approximate surface area is 129 Å². The highest BCUT2D eigenvalue weighted by atomic mass is 19.1. The molecule has 1 heterocycles. The second-order valence-corrected chi connectivity index (χ2v) is 5.44. The zero-order chi connectivity index (χ0) is 15.4. The Morgan fingerprint density at radius 3 is 2.41 bits per heavy atom. The van der Waals surface area contributed by atoms with Crippen LogP contribution in [0.25, 0.3) is 0 Å². The van der Waals surface area contributed by atoms with Gasteiger partial charge in [0.2, 0.25) is 0 Å². The highest BCUT2D eigenvalue weighted by Gasteiger charge is 2.25. The van der Waals surface area contributed by atoms with Gasteiger partial charge in [0.25, 0.3) is 0 Å². The van der Waals surface area contributed by atoms with Gasteiger partial charge in [-0.15, -0.1) is 0 Å². The van der Waals surface area contributed by atoms with Gasteiger partial charge in [0.15, 0.2) is 6.29 Å². The molecule has 0 aromatic heterocycles. The first-order chi connectivity index (χ1) is 10.7. The standard InChI is InChI=1S/C18H19FO3/c1-13-6-8-14(9-7-13)10-20-15-11-21-18(22-12-15)16-4-2-3-5-17(16)19/h2-9,15,18H,10-12H2,1H3. The van der Waals surface area contributed by atoms with Crippen LogP contribution in [0.15, 0.2) is 48.5 Å². The minimum atomic E-state index is -0.652. The maximum Gasteiger partial charge on any atom is 0.186 e. The van der Waals surface area contributed by atoms with Crippen LogP contribution in [0.4, 0.5) is 4.39 Å². The molecule has 1 saturated heterocycles. The maximum absolute atomic E-state index is 13.7. The smallest absolute Gasteiger partial charge is 0.186 e. The predicted molar refractivity (Wildman–Crippen MR) is 80.8 cm³/mol.